The Balaban J connectivity index is 2.42. The molecule has 0 radical (unpaired) electrons. The molecule has 1 aromatic carbocycles. The second-order valence-corrected chi connectivity index (χ2v) is 9.74. The molecule has 0 amide bonds. The van der Waals surface area contributed by atoms with E-state index in [2.05, 4.69) is 0 Å². The predicted molar refractivity (Wildman–Crippen MR) is 113 cm³/mol. The number of carboxylic acids is 1. The van der Waals surface area contributed by atoms with Gasteiger partial charge < -0.3 is 20.1 Å². The molecular weight excluding hydrogens is 416 g/mol. The molecule has 1 aliphatic heterocycles. The van der Waals surface area contributed by atoms with Gasteiger partial charge in [0.05, 0.1) is 17.6 Å². The average Bonchev–Trinajstić information content (AvgIpc) is 2.79. The normalized spacial score (nSPS) is 37.5. The van der Waals surface area contributed by atoms with E-state index in [0.29, 0.717) is 0 Å². The Morgan fingerprint density at radius 1 is 1.12 bits per heavy atom. The minimum atomic E-state index is -2.45. The summed E-state index contributed by atoms with van der Waals surface area (Å²) in [5, 5.41) is 32.7. The van der Waals surface area contributed by atoms with Gasteiger partial charge in [0, 0.05) is 11.5 Å². The van der Waals surface area contributed by atoms with Gasteiger partial charge in [0.1, 0.15) is 5.60 Å². The van der Waals surface area contributed by atoms with E-state index in [1.807, 2.05) is 0 Å². The molecule has 8 nitrogen and oxygen atoms in total. The van der Waals surface area contributed by atoms with Gasteiger partial charge in [-0.3, -0.25) is 19.2 Å². The van der Waals surface area contributed by atoms with Crippen LogP contribution in [0.5, 0.6) is 0 Å². The van der Waals surface area contributed by atoms with Gasteiger partial charge in [-0.1, -0.05) is 30.3 Å². The van der Waals surface area contributed by atoms with Gasteiger partial charge in [0.2, 0.25) is 0 Å². The van der Waals surface area contributed by atoms with Crippen molar-refractivity contribution in [3.05, 3.63) is 35.9 Å². The maximum Gasteiger partial charge on any atom is 0.306 e. The number of Topliss-reactive ketones (excluding diaryl/α,β-unsaturated/α-hetero) is 3. The fourth-order valence-electron chi connectivity index (χ4n) is 6.05. The van der Waals surface area contributed by atoms with Crippen molar-refractivity contribution in [2.45, 2.75) is 70.4 Å². The predicted octanol–water partition coefficient (Wildman–Crippen LogP) is 1.80. The van der Waals surface area contributed by atoms with Gasteiger partial charge in [-0.15, -0.1) is 0 Å². The Labute approximate surface area is 186 Å². The Morgan fingerprint density at radius 2 is 1.69 bits per heavy atom. The van der Waals surface area contributed by atoms with Crippen LogP contribution >= 0.6 is 0 Å². The molecule has 1 aliphatic carbocycles. The standard InChI is InChI=1S/C24H30O8/c1-13-11-16(19(27)28)12-17-23(14(2)25,18(26)15-9-7-6-8-10-15)20(29)22(5,31)24(17,32-13)21(3,4)30/h6-10,13,16-17,30-31H,11-12H2,1-5H3,(H,27,28)/t13-,16+,17-,22-,23+,24-/m0/s1. The second-order valence-electron chi connectivity index (χ2n) is 9.74. The lowest BCUT2D eigenvalue weighted by Crippen LogP contribution is -2.68. The fourth-order valence-corrected chi connectivity index (χ4v) is 6.05. The minimum Gasteiger partial charge on any atom is -0.481 e. The Morgan fingerprint density at radius 3 is 2.16 bits per heavy atom. The molecule has 1 saturated carbocycles. The van der Waals surface area contributed by atoms with Crippen LogP contribution in [0.4, 0.5) is 0 Å². The maximum atomic E-state index is 13.9. The molecule has 2 fully saturated rings. The van der Waals surface area contributed by atoms with Crippen molar-refractivity contribution in [2.24, 2.45) is 17.3 Å². The van der Waals surface area contributed by atoms with E-state index in [-0.39, 0.29) is 18.4 Å². The van der Waals surface area contributed by atoms with Gasteiger partial charge in [0.15, 0.2) is 28.4 Å². The van der Waals surface area contributed by atoms with Crippen molar-refractivity contribution in [1.29, 1.82) is 0 Å². The Hall–Kier alpha value is -2.42. The summed E-state index contributed by atoms with van der Waals surface area (Å²) in [5.41, 5.74) is -8.80. The molecule has 8 heteroatoms. The van der Waals surface area contributed by atoms with Gasteiger partial charge in [-0.05, 0) is 47.5 Å². The third-order valence-electron chi connectivity index (χ3n) is 7.27. The summed E-state index contributed by atoms with van der Waals surface area (Å²) in [6.07, 6.45) is -1.05. The van der Waals surface area contributed by atoms with E-state index in [1.165, 1.54) is 26.0 Å². The van der Waals surface area contributed by atoms with E-state index in [0.717, 1.165) is 13.8 Å². The molecule has 0 unspecified atom stereocenters. The third-order valence-corrected chi connectivity index (χ3v) is 7.27. The number of fused-ring (bicyclic) bond motifs is 1. The summed E-state index contributed by atoms with van der Waals surface area (Å²) in [7, 11) is 0. The number of ether oxygens (including phenoxy) is 1. The highest BCUT2D eigenvalue weighted by molar-refractivity contribution is 6.32. The lowest BCUT2D eigenvalue weighted by atomic mass is 9.61. The van der Waals surface area contributed by atoms with Crippen LogP contribution in [0.15, 0.2) is 30.3 Å². The first-order chi connectivity index (χ1) is 14.7. The van der Waals surface area contributed by atoms with Crippen LogP contribution in [0.1, 0.15) is 57.8 Å². The van der Waals surface area contributed by atoms with Crippen LogP contribution in [-0.2, 0) is 19.1 Å². The summed E-state index contributed by atoms with van der Waals surface area (Å²) in [6, 6.07) is 7.73. The number of hydrogen-bond donors (Lipinski definition) is 3. The second kappa shape index (κ2) is 7.57. The zero-order valence-corrected chi connectivity index (χ0v) is 18.9. The van der Waals surface area contributed by atoms with Crippen LogP contribution in [-0.4, -0.2) is 61.5 Å². The number of benzene rings is 1. The van der Waals surface area contributed by atoms with E-state index in [9.17, 15) is 34.5 Å². The van der Waals surface area contributed by atoms with E-state index in [1.54, 1.807) is 25.1 Å². The molecule has 1 aromatic rings. The Bertz CT molecular complexity index is 960. The van der Waals surface area contributed by atoms with Gasteiger partial charge in [0.25, 0.3) is 0 Å². The van der Waals surface area contributed by atoms with Crippen LogP contribution in [0.25, 0.3) is 0 Å². The van der Waals surface area contributed by atoms with Crippen LogP contribution in [0, 0.1) is 17.3 Å². The Kier molecular flexibility index (Phi) is 5.73. The first-order valence-corrected chi connectivity index (χ1v) is 10.7. The molecule has 6 atom stereocenters. The van der Waals surface area contributed by atoms with Crippen molar-refractivity contribution >= 4 is 23.3 Å². The van der Waals surface area contributed by atoms with Crippen LogP contribution in [0.3, 0.4) is 0 Å². The van der Waals surface area contributed by atoms with Crippen LogP contribution < -0.4 is 0 Å². The highest BCUT2D eigenvalue weighted by atomic mass is 16.5. The van der Waals surface area contributed by atoms with Gasteiger partial charge in [-0.2, -0.15) is 0 Å². The molecule has 32 heavy (non-hydrogen) atoms. The van der Waals surface area contributed by atoms with Crippen molar-refractivity contribution in [1.82, 2.24) is 0 Å². The van der Waals surface area contributed by atoms with Crippen LogP contribution in [0.2, 0.25) is 0 Å². The molecule has 3 N–H and O–H groups in total. The summed E-state index contributed by atoms with van der Waals surface area (Å²) in [4.78, 5) is 53.0. The first-order valence-electron chi connectivity index (χ1n) is 10.7. The van der Waals surface area contributed by atoms with Crippen molar-refractivity contribution in [3.8, 4) is 0 Å². The maximum absolute atomic E-state index is 13.9. The highest BCUT2D eigenvalue weighted by Gasteiger charge is 2.82. The van der Waals surface area contributed by atoms with E-state index in [4.69, 9.17) is 4.74 Å². The van der Waals surface area contributed by atoms with E-state index < -0.39 is 63.5 Å². The smallest absolute Gasteiger partial charge is 0.306 e. The molecule has 174 valence electrons. The molecule has 0 bridgehead atoms. The monoisotopic (exact) mass is 446 g/mol. The summed E-state index contributed by atoms with van der Waals surface area (Å²) in [5.74, 6) is -6.38. The quantitative estimate of drug-likeness (QED) is 0.460. The lowest BCUT2D eigenvalue weighted by molar-refractivity contribution is -0.266. The SMILES string of the molecule is CC(=O)[C@@]1(C(=O)c2ccccc2)C(=O)[C@](C)(O)[C@]2(C(C)(C)O)O[C@@H](C)C[C@@H](C(=O)O)C[C@@H]12. The van der Waals surface area contributed by atoms with E-state index >= 15 is 0 Å². The van der Waals surface area contributed by atoms with Crippen molar-refractivity contribution in [2.75, 3.05) is 0 Å². The number of carboxylic acid groups (broad SMARTS) is 1. The molecule has 2 aliphatic rings. The minimum absolute atomic E-state index is 0.0292. The number of aliphatic hydroxyl groups is 2. The number of ketones is 3. The lowest BCUT2D eigenvalue weighted by Gasteiger charge is -2.51. The van der Waals surface area contributed by atoms with Crippen molar-refractivity contribution < 1.29 is 39.2 Å². The molecule has 3 rings (SSSR count). The van der Waals surface area contributed by atoms with Crippen molar-refractivity contribution in [3.63, 3.8) is 0 Å². The fraction of sp³-hybridized carbons (Fsp3) is 0.583. The third kappa shape index (κ3) is 3.00. The number of aliphatic carboxylic acids is 1. The molecular formula is C24H30O8. The number of carbonyl (C=O) groups excluding carboxylic acids is 3. The largest absolute Gasteiger partial charge is 0.481 e. The molecule has 1 saturated heterocycles. The van der Waals surface area contributed by atoms with Gasteiger partial charge >= 0.3 is 5.97 Å². The number of hydrogen-bond acceptors (Lipinski definition) is 7. The topological polar surface area (TPSA) is 138 Å². The summed E-state index contributed by atoms with van der Waals surface area (Å²) < 4.78 is 6.16. The van der Waals surface area contributed by atoms with Gasteiger partial charge in [-0.25, -0.2) is 0 Å². The average molecular weight is 446 g/mol. The molecule has 1 heterocycles. The zero-order valence-electron chi connectivity index (χ0n) is 18.9. The number of carbonyl (C=O) groups is 4. The molecule has 0 aromatic heterocycles. The highest BCUT2D eigenvalue weighted by Crippen LogP contribution is 2.63. The summed E-state index contributed by atoms with van der Waals surface area (Å²) in [6.45, 7) is 6.47. The molecule has 0 spiro atoms. The first kappa shape index (κ1) is 24.2. The zero-order chi connectivity index (χ0) is 24.3. The summed E-state index contributed by atoms with van der Waals surface area (Å²) >= 11 is 0. The number of rotatable bonds is 5.